The van der Waals surface area contributed by atoms with E-state index in [4.69, 9.17) is 4.74 Å². The summed E-state index contributed by atoms with van der Waals surface area (Å²) in [7, 11) is 0. The molecule has 0 aliphatic carbocycles. The lowest BCUT2D eigenvalue weighted by atomic mass is 9.88. The Kier molecular flexibility index (Phi) is 4.36. The molecule has 3 unspecified atom stereocenters. The Morgan fingerprint density at radius 1 is 1.39 bits per heavy atom. The lowest BCUT2D eigenvalue weighted by molar-refractivity contribution is -0.126. The molecule has 5 nitrogen and oxygen atoms in total. The van der Waals surface area contributed by atoms with Crippen LogP contribution in [0, 0.1) is 5.92 Å². The van der Waals surface area contributed by atoms with E-state index < -0.39 is 5.60 Å². The fourth-order valence-corrected chi connectivity index (χ4v) is 4.25. The van der Waals surface area contributed by atoms with E-state index in [9.17, 15) is 9.59 Å². The molecule has 2 bridgehead atoms. The third-order valence-corrected chi connectivity index (χ3v) is 5.26. The van der Waals surface area contributed by atoms with Crippen molar-refractivity contribution in [3.8, 4) is 0 Å². The quantitative estimate of drug-likeness (QED) is 0.922. The lowest BCUT2D eigenvalue weighted by Gasteiger charge is -2.28. The molecule has 1 N–H and O–H groups in total. The molecule has 126 valence electrons. The van der Waals surface area contributed by atoms with Gasteiger partial charge in [0.25, 0.3) is 0 Å². The molecule has 0 radical (unpaired) electrons. The molecule has 2 saturated heterocycles. The Bertz CT molecular complexity index is 579. The normalized spacial score (nSPS) is 26.4. The predicted molar refractivity (Wildman–Crippen MR) is 89.2 cm³/mol. The predicted octanol–water partition coefficient (Wildman–Crippen LogP) is 3.15. The highest BCUT2D eigenvalue weighted by molar-refractivity contribution is 7.07. The van der Waals surface area contributed by atoms with Gasteiger partial charge in [0.2, 0.25) is 5.91 Å². The van der Waals surface area contributed by atoms with Gasteiger partial charge < -0.3 is 15.0 Å². The van der Waals surface area contributed by atoms with Crippen molar-refractivity contribution in [3.05, 3.63) is 22.4 Å². The van der Waals surface area contributed by atoms with Crippen LogP contribution in [0.25, 0.3) is 0 Å². The molecule has 2 aliphatic heterocycles. The van der Waals surface area contributed by atoms with E-state index in [2.05, 4.69) is 5.32 Å². The van der Waals surface area contributed by atoms with Crippen LogP contribution in [0.4, 0.5) is 4.79 Å². The molecule has 23 heavy (non-hydrogen) atoms. The number of fused-ring (bicyclic) bond motifs is 2. The van der Waals surface area contributed by atoms with Crippen molar-refractivity contribution in [2.45, 2.75) is 64.3 Å². The highest BCUT2D eigenvalue weighted by Crippen LogP contribution is 2.42. The van der Waals surface area contributed by atoms with E-state index in [1.165, 1.54) is 0 Å². The van der Waals surface area contributed by atoms with Crippen LogP contribution in [0.3, 0.4) is 0 Å². The van der Waals surface area contributed by atoms with Crippen molar-refractivity contribution in [1.29, 1.82) is 0 Å². The maximum Gasteiger partial charge on any atom is 0.410 e. The molecule has 2 amide bonds. The highest BCUT2D eigenvalue weighted by Gasteiger charge is 2.52. The molecule has 0 saturated carbocycles. The van der Waals surface area contributed by atoms with Gasteiger partial charge in [-0.15, -0.1) is 0 Å². The summed E-state index contributed by atoms with van der Waals surface area (Å²) < 4.78 is 5.51. The van der Waals surface area contributed by atoms with Gasteiger partial charge in [-0.05, 0) is 62.4 Å². The number of carbonyl (C=O) groups is 2. The van der Waals surface area contributed by atoms with Crippen LogP contribution in [-0.4, -0.2) is 34.6 Å². The Morgan fingerprint density at radius 2 is 2.17 bits per heavy atom. The molecule has 3 atom stereocenters. The molecule has 1 aromatic rings. The van der Waals surface area contributed by atoms with Crippen LogP contribution in [0.2, 0.25) is 0 Å². The van der Waals surface area contributed by atoms with Gasteiger partial charge in [0, 0.05) is 18.6 Å². The highest BCUT2D eigenvalue weighted by atomic mass is 32.1. The van der Waals surface area contributed by atoms with E-state index >= 15 is 0 Å². The number of carbonyl (C=O) groups excluding carboxylic acids is 2. The molecule has 3 rings (SSSR count). The Hall–Kier alpha value is -1.56. The fraction of sp³-hybridized carbons (Fsp3) is 0.647. The van der Waals surface area contributed by atoms with Gasteiger partial charge in [0.1, 0.15) is 5.60 Å². The largest absolute Gasteiger partial charge is 0.444 e. The van der Waals surface area contributed by atoms with Gasteiger partial charge in [0.05, 0.1) is 5.92 Å². The molecular formula is C17H24N2O3S. The van der Waals surface area contributed by atoms with Crippen LogP contribution in [0.5, 0.6) is 0 Å². The van der Waals surface area contributed by atoms with Crippen LogP contribution in [0.15, 0.2) is 16.8 Å². The topological polar surface area (TPSA) is 58.6 Å². The Morgan fingerprint density at radius 3 is 2.83 bits per heavy atom. The summed E-state index contributed by atoms with van der Waals surface area (Å²) in [4.78, 5) is 26.7. The fourth-order valence-electron chi connectivity index (χ4n) is 3.58. The second kappa shape index (κ2) is 6.15. The monoisotopic (exact) mass is 336 g/mol. The summed E-state index contributed by atoms with van der Waals surface area (Å²) in [6.45, 7) is 6.17. The first-order valence-corrected chi connectivity index (χ1v) is 9.09. The number of thiophene rings is 1. The van der Waals surface area contributed by atoms with Gasteiger partial charge in [0.15, 0.2) is 0 Å². The summed E-state index contributed by atoms with van der Waals surface area (Å²) >= 11 is 1.62. The smallest absolute Gasteiger partial charge is 0.410 e. The second-order valence-corrected chi connectivity index (χ2v) is 8.16. The van der Waals surface area contributed by atoms with E-state index in [1.807, 2.05) is 37.6 Å². The molecule has 0 aromatic carbocycles. The summed E-state index contributed by atoms with van der Waals surface area (Å²) in [5.41, 5.74) is 0.617. The van der Waals surface area contributed by atoms with Crippen molar-refractivity contribution >= 4 is 23.3 Å². The zero-order valence-corrected chi connectivity index (χ0v) is 14.7. The minimum atomic E-state index is -0.504. The van der Waals surface area contributed by atoms with Gasteiger partial charge in [-0.25, -0.2) is 4.79 Å². The van der Waals surface area contributed by atoms with E-state index in [0.717, 1.165) is 24.8 Å². The first kappa shape index (κ1) is 16.3. The average molecular weight is 336 g/mol. The molecule has 0 spiro atoms. The van der Waals surface area contributed by atoms with Gasteiger partial charge in [-0.1, -0.05) is 0 Å². The van der Waals surface area contributed by atoms with Crippen LogP contribution >= 0.6 is 11.3 Å². The third kappa shape index (κ3) is 3.52. The van der Waals surface area contributed by atoms with E-state index in [0.29, 0.717) is 6.54 Å². The summed E-state index contributed by atoms with van der Waals surface area (Å²) in [6, 6.07) is 2.14. The zero-order chi connectivity index (χ0) is 16.6. The summed E-state index contributed by atoms with van der Waals surface area (Å²) in [6.07, 6.45) is 2.33. The number of nitrogens with one attached hydrogen (secondary N) is 1. The lowest BCUT2D eigenvalue weighted by Crippen LogP contribution is -2.43. The third-order valence-electron chi connectivity index (χ3n) is 4.52. The molecule has 1 aromatic heterocycles. The average Bonchev–Trinajstić information content (AvgIpc) is 3.17. The number of rotatable bonds is 3. The first-order chi connectivity index (χ1) is 10.8. The summed E-state index contributed by atoms with van der Waals surface area (Å²) in [5, 5.41) is 7.05. The summed E-state index contributed by atoms with van der Waals surface area (Å²) in [5.74, 6) is -0.0585. The van der Waals surface area contributed by atoms with Gasteiger partial charge in [-0.2, -0.15) is 11.3 Å². The molecule has 2 fully saturated rings. The second-order valence-electron chi connectivity index (χ2n) is 7.38. The molecule has 3 heterocycles. The van der Waals surface area contributed by atoms with E-state index in [-0.39, 0.29) is 30.0 Å². The van der Waals surface area contributed by atoms with Crippen molar-refractivity contribution < 1.29 is 14.3 Å². The number of ether oxygens (including phenoxy) is 1. The maximum atomic E-state index is 12.5. The van der Waals surface area contributed by atoms with Crippen LogP contribution < -0.4 is 5.32 Å². The SMILES string of the molecule is CC(C)(C)OC(=O)N1C2CCC1C(C(=O)NCc1ccsc1)C2. The van der Waals surface area contributed by atoms with Crippen molar-refractivity contribution in [1.82, 2.24) is 10.2 Å². The van der Waals surface area contributed by atoms with E-state index in [1.54, 1.807) is 16.2 Å². The Balaban J connectivity index is 1.60. The standard InChI is InChI=1S/C17H24N2O3S/c1-17(2,3)22-16(21)19-12-4-5-14(19)13(8-12)15(20)18-9-11-6-7-23-10-11/h6-7,10,12-14H,4-5,8-9H2,1-3H3,(H,18,20). The van der Waals surface area contributed by atoms with Crippen molar-refractivity contribution in [3.63, 3.8) is 0 Å². The Labute approximate surface area is 141 Å². The first-order valence-electron chi connectivity index (χ1n) is 8.15. The number of amides is 2. The zero-order valence-electron chi connectivity index (χ0n) is 13.9. The van der Waals surface area contributed by atoms with Crippen LogP contribution in [0.1, 0.15) is 45.6 Å². The van der Waals surface area contributed by atoms with Crippen molar-refractivity contribution in [2.75, 3.05) is 0 Å². The number of nitrogens with zero attached hydrogens (tertiary/aromatic N) is 1. The maximum absolute atomic E-state index is 12.5. The molecule has 2 aliphatic rings. The van der Waals surface area contributed by atoms with Crippen molar-refractivity contribution in [2.24, 2.45) is 5.92 Å². The minimum Gasteiger partial charge on any atom is -0.444 e. The van der Waals surface area contributed by atoms with Gasteiger partial charge in [-0.3, -0.25) is 4.79 Å². The van der Waals surface area contributed by atoms with Gasteiger partial charge >= 0.3 is 6.09 Å². The number of hydrogen-bond donors (Lipinski definition) is 1. The minimum absolute atomic E-state index is 0.0164. The van der Waals surface area contributed by atoms with Crippen LogP contribution in [-0.2, 0) is 16.1 Å². The number of hydrogen-bond acceptors (Lipinski definition) is 4. The molecule has 6 heteroatoms. The molecular weight excluding hydrogens is 312 g/mol.